The zero-order valence-corrected chi connectivity index (χ0v) is 14.0. The molecule has 0 unspecified atom stereocenters. The number of anilines is 1. The Kier molecular flexibility index (Phi) is 4.64. The van der Waals surface area contributed by atoms with Gasteiger partial charge in [0.1, 0.15) is 4.88 Å². The summed E-state index contributed by atoms with van der Waals surface area (Å²) in [6.45, 7) is 5.20. The number of ether oxygens (including phenoxy) is 1. The number of benzene rings is 1. The predicted molar refractivity (Wildman–Crippen MR) is 91.7 cm³/mol. The van der Waals surface area contributed by atoms with Crippen LogP contribution >= 0.6 is 11.3 Å². The minimum Gasteiger partial charge on any atom is -0.429 e. The van der Waals surface area contributed by atoms with E-state index in [1.807, 2.05) is 6.07 Å². The molecule has 2 aromatic rings. The van der Waals surface area contributed by atoms with E-state index in [-0.39, 0.29) is 0 Å². The number of thiazole rings is 1. The molecule has 124 valence electrons. The van der Waals surface area contributed by atoms with Crippen LogP contribution in [0, 0.1) is 18.3 Å². The van der Waals surface area contributed by atoms with Gasteiger partial charge in [-0.2, -0.15) is 5.26 Å². The first kappa shape index (κ1) is 16.2. The second kappa shape index (κ2) is 6.86. The van der Waals surface area contributed by atoms with Crippen LogP contribution in [0.15, 0.2) is 18.2 Å². The molecule has 0 spiro atoms. The average molecular weight is 343 g/mol. The van der Waals surface area contributed by atoms with E-state index >= 15 is 0 Å². The Balaban J connectivity index is 1.94. The number of hydrogen-bond acceptors (Lipinski definition) is 7. The third-order valence-corrected chi connectivity index (χ3v) is 4.79. The number of rotatable bonds is 4. The van der Waals surface area contributed by atoms with Gasteiger partial charge in [-0.3, -0.25) is 4.79 Å². The molecule has 3 N–H and O–H groups in total. The zero-order chi connectivity index (χ0) is 17.1. The van der Waals surface area contributed by atoms with Gasteiger partial charge in [0.2, 0.25) is 0 Å². The molecule has 1 aliphatic heterocycles. The minimum atomic E-state index is -0.520. The summed E-state index contributed by atoms with van der Waals surface area (Å²) in [4.78, 5) is 18.2. The van der Waals surface area contributed by atoms with Gasteiger partial charge < -0.3 is 20.7 Å². The Bertz CT molecular complexity index is 805. The van der Waals surface area contributed by atoms with Gasteiger partial charge in [-0.15, -0.1) is 0 Å². The summed E-state index contributed by atoms with van der Waals surface area (Å²) in [5, 5.41) is 12.8. The van der Waals surface area contributed by atoms with E-state index in [1.165, 1.54) is 0 Å². The Morgan fingerprint density at radius 2 is 2.21 bits per heavy atom. The summed E-state index contributed by atoms with van der Waals surface area (Å²) in [6, 6.07) is 7.46. The molecule has 8 heteroatoms. The van der Waals surface area contributed by atoms with Crippen molar-refractivity contribution in [3.63, 3.8) is 0 Å². The molecule has 0 radical (unpaired) electrons. The molecule has 0 saturated carbocycles. The molecular weight excluding hydrogens is 326 g/mol. The zero-order valence-electron chi connectivity index (χ0n) is 13.2. The van der Waals surface area contributed by atoms with Gasteiger partial charge in [0, 0.05) is 32.2 Å². The number of carbonyl (C=O) groups is 1. The highest BCUT2D eigenvalue weighted by Crippen LogP contribution is 2.36. The van der Waals surface area contributed by atoms with Crippen molar-refractivity contribution >= 4 is 22.9 Å². The summed E-state index contributed by atoms with van der Waals surface area (Å²) >= 11 is 1.11. The van der Waals surface area contributed by atoms with Gasteiger partial charge in [-0.25, -0.2) is 4.98 Å². The normalized spacial score (nSPS) is 14.2. The monoisotopic (exact) mass is 343 g/mol. The smallest absolute Gasteiger partial charge is 0.279 e. The first-order chi connectivity index (χ1) is 11.6. The Morgan fingerprint density at radius 3 is 2.83 bits per heavy atom. The number of hydrogen-bond donors (Lipinski definition) is 2. The van der Waals surface area contributed by atoms with Crippen molar-refractivity contribution < 1.29 is 9.53 Å². The van der Waals surface area contributed by atoms with Gasteiger partial charge >= 0.3 is 0 Å². The lowest BCUT2D eigenvalue weighted by Crippen LogP contribution is -2.43. The number of nitrogens with two attached hydrogens (primary N) is 1. The molecule has 0 bridgehead atoms. The SMILES string of the molecule is Cc1nc(Oc2cc(C#N)ccc2N2CCNCC2)sc1C(N)=O. The van der Waals surface area contributed by atoms with E-state index in [2.05, 4.69) is 21.3 Å². The molecular formula is C16H17N5O2S. The lowest BCUT2D eigenvalue weighted by Gasteiger charge is -2.30. The number of aromatic nitrogens is 1. The summed E-state index contributed by atoms with van der Waals surface area (Å²) in [6.07, 6.45) is 0. The number of aryl methyl sites for hydroxylation is 1. The quantitative estimate of drug-likeness (QED) is 0.874. The number of amides is 1. The molecule has 0 aliphatic carbocycles. The number of carbonyl (C=O) groups excluding carboxylic acids is 1. The number of nitriles is 1. The van der Waals surface area contributed by atoms with Crippen molar-refractivity contribution in [3.8, 4) is 17.0 Å². The fourth-order valence-electron chi connectivity index (χ4n) is 2.57. The van der Waals surface area contributed by atoms with Gasteiger partial charge in [-0.1, -0.05) is 11.3 Å². The first-order valence-electron chi connectivity index (χ1n) is 7.53. The molecule has 1 aromatic heterocycles. The Labute approximate surface area is 143 Å². The third-order valence-electron chi connectivity index (χ3n) is 3.74. The topological polar surface area (TPSA) is 104 Å². The van der Waals surface area contributed by atoms with Crippen molar-refractivity contribution in [2.45, 2.75) is 6.92 Å². The highest BCUT2D eigenvalue weighted by atomic mass is 32.1. The maximum Gasteiger partial charge on any atom is 0.279 e. The van der Waals surface area contributed by atoms with Gasteiger partial charge in [0.15, 0.2) is 5.75 Å². The second-order valence-corrected chi connectivity index (χ2v) is 6.35. The molecule has 7 nitrogen and oxygen atoms in total. The largest absolute Gasteiger partial charge is 0.429 e. The van der Waals surface area contributed by atoms with E-state index in [9.17, 15) is 4.79 Å². The van der Waals surface area contributed by atoms with Crippen molar-refractivity contribution in [2.24, 2.45) is 5.73 Å². The van der Waals surface area contributed by atoms with Crippen LogP contribution in [0.5, 0.6) is 10.9 Å². The van der Waals surface area contributed by atoms with E-state index < -0.39 is 5.91 Å². The maximum absolute atomic E-state index is 11.4. The van der Waals surface area contributed by atoms with Crippen LogP contribution in [0.1, 0.15) is 20.9 Å². The fourth-order valence-corrected chi connectivity index (χ4v) is 3.35. The second-order valence-electron chi connectivity index (χ2n) is 5.39. The van der Waals surface area contributed by atoms with Crippen LogP contribution in [0.25, 0.3) is 0 Å². The number of nitrogens with zero attached hydrogens (tertiary/aromatic N) is 3. The molecule has 24 heavy (non-hydrogen) atoms. The lowest BCUT2D eigenvalue weighted by molar-refractivity contribution is 0.100. The molecule has 1 saturated heterocycles. The first-order valence-corrected chi connectivity index (χ1v) is 8.35. The lowest BCUT2D eigenvalue weighted by atomic mass is 10.1. The third kappa shape index (κ3) is 3.32. The molecule has 1 aromatic carbocycles. The summed E-state index contributed by atoms with van der Waals surface area (Å²) < 4.78 is 5.90. The van der Waals surface area contributed by atoms with Crippen LogP contribution in [0.2, 0.25) is 0 Å². The van der Waals surface area contributed by atoms with Gasteiger partial charge in [0.05, 0.1) is 23.0 Å². The van der Waals surface area contributed by atoms with Crippen LogP contribution in [-0.4, -0.2) is 37.1 Å². The minimum absolute atomic E-state index is 0.341. The van der Waals surface area contributed by atoms with E-state index in [0.717, 1.165) is 43.2 Å². The van der Waals surface area contributed by atoms with Crippen molar-refractivity contribution in [2.75, 3.05) is 31.1 Å². The standard InChI is InChI=1S/C16H17N5O2S/c1-10-14(15(18)22)24-16(20-10)23-13-8-11(9-17)2-3-12(13)21-6-4-19-5-7-21/h2-3,8,19H,4-7H2,1H3,(H2,18,22). The van der Waals surface area contributed by atoms with E-state index in [4.69, 9.17) is 15.7 Å². The van der Waals surface area contributed by atoms with Crippen LogP contribution in [0.4, 0.5) is 5.69 Å². The summed E-state index contributed by atoms with van der Waals surface area (Å²) in [5.74, 6) is 0.0358. The molecule has 1 aliphatic rings. The number of nitrogens with one attached hydrogen (secondary N) is 1. The van der Waals surface area contributed by atoms with Crippen molar-refractivity contribution in [3.05, 3.63) is 34.3 Å². The summed E-state index contributed by atoms with van der Waals surface area (Å²) in [5.41, 5.74) is 7.29. The Morgan fingerprint density at radius 1 is 1.46 bits per heavy atom. The molecule has 2 heterocycles. The van der Waals surface area contributed by atoms with E-state index in [1.54, 1.807) is 19.1 Å². The predicted octanol–water partition coefficient (Wildman–Crippen LogP) is 1.62. The fraction of sp³-hybridized carbons (Fsp3) is 0.312. The van der Waals surface area contributed by atoms with Crippen LogP contribution in [0.3, 0.4) is 0 Å². The van der Waals surface area contributed by atoms with Gasteiger partial charge in [0.25, 0.3) is 11.1 Å². The Hall–Kier alpha value is -2.63. The van der Waals surface area contributed by atoms with Crippen LogP contribution < -0.4 is 20.7 Å². The van der Waals surface area contributed by atoms with Gasteiger partial charge in [-0.05, 0) is 19.1 Å². The van der Waals surface area contributed by atoms with E-state index in [0.29, 0.717) is 27.1 Å². The number of piperazine rings is 1. The average Bonchev–Trinajstić information content (AvgIpc) is 2.96. The van der Waals surface area contributed by atoms with Crippen LogP contribution in [-0.2, 0) is 0 Å². The molecule has 1 amide bonds. The highest BCUT2D eigenvalue weighted by Gasteiger charge is 2.19. The molecule has 0 atom stereocenters. The van der Waals surface area contributed by atoms with Crippen molar-refractivity contribution in [1.82, 2.24) is 10.3 Å². The summed E-state index contributed by atoms with van der Waals surface area (Å²) in [7, 11) is 0. The molecule has 3 rings (SSSR count). The highest BCUT2D eigenvalue weighted by molar-refractivity contribution is 7.15. The maximum atomic E-state index is 11.4. The van der Waals surface area contributed by atoms with Crippen molar-refractivity contribution in [1.29, 1.82) is 5.26 Å². The molecule has 1 fully saturated rings. The number of primary amides is 1.